The molecule has 2 atom stereocenters. The first-order valence-electron chi connectivity index (χ1n) is 6.18. The quantitative estimate of drug-likeness (QED) is 0.761. The molecule has 2 unspecified atom stereocenters. The number of carbonyl (C=O) groups is 2. The molecule has 0 spiro atoms. The normalized spacial score (nSPS) is 25.4. The number of aliphatic carboxylic acids is 1. The Bertz CT molecular complexity index is 519. The van der Waals surface area contributed by atoms with Crippen LogP contribution in [0.3, 0.4) is 0 Å². The molecule has 1 saturated heterocycles. The molecule has 7 nitrogen and oxygen atoms in total. The van der Waals surface area contributed by atoms with Gasteiger partial charge in [-0.3, -0.25) is 4.79 Å². The van der Waals surface area contributed by atoms with Gasteiger partial charge < -0.3 is 20.5 Å². The minimum absolute atomic E-state index is 0.0962. The Labute approximate surface area is 120 Å². The minimum atomic E-state index is -1.09. The van der Waals surface area contributed by atoms with Crippen molar-refractivity contribution in [2.24, 2.45) is 5.41 Å². The van der Waals surface area contributed by atoms with Crippen molar-refractivity contribution in [2.75, 3.05) is 13.2 Å². The van der Waals surface area contributed by atoms with Gasteiger partial charge in [0.25, 0.3) is 0 Å². The van der Waals surface area contributed by atoms with Crippen LogP contribution >= 0.6 is 11.3 Å². The van der Waals surface area contributed by atoms with E-state index in [-0.39, 0.29) is 13.2 Å². The van der Waals surface area contributed by atoms with Crippen LogP contribution in [0.2, 0.25) is 0 Å². The summed E-state index contributed by atoms with van der Waals surface area (Å²) in [6.07, 6.45) is 0. The van der Waals surface area contributed by atoms with Gasteiger partial charge in [0.15, 0.2) is 0 Å². The van der Waals surface area contributed by atoms with E-state index in [0.717, 1.165) is 10.7 Å². The highest BCUT2D eigenvalue weighted by atomic mass is 32.1. The summed E-state index contributed by atoms with van der Waals surface area (Å²) in [6, 6.07) is -0.959. The zero-order chi connectivity index (χ0) is 14.8. The minimum Gasteiger partial charge on any atom is -0.481 e. The Morgan fingerprint density at radius 1 is 1.65 bits per heavy atom. The Morgan fingerprint density at radius 2 is 2.40 bits per heavy atom. The molecule has 3 N–H and O–H groups in total. The van der Waals surface area contributed by atoms with E-state index in [0.29, 0.717) is 6.54 Å². The molecule has 1 aromatic rings. The lowest BCUT2D eigenvalue weighted by molar-refractivity contribution is -0.148. The monoisotopic (exact) mass is 299 g/mol. The molecule has 20 heavy (non-hydrogen) atoms. The number of carbonyl (C=O) groups excluding carboxylic acids is 1. The standard InChI is InChI=1S/C12H17N3O4S/c1-7-5-20-9(14-7)3-13-11(18)15-8-4-19-6-12(8,2)10(16)17/h5,8H,3-4,6H2,1-2H3,(H,16,17)(H2,13,15,18). The number of urea groups is 1. The zero-order valence-electron chi connectivity index (χ0n) is 11.3. The first kappa shape index (κ1) is 14.7. The van der Waals surface area contributed by atoms with E-state index in [9.17, 15) is 14.7 Å². The van der Waals surface area contributed by atoms with Gasteiger partial charge in [-0.05, 0) is 13.8 Å². The Morgan fingerprint density at radius 3 is 3.00 bits per heavy atom. The summed E-state index contributed by atoms with van der Waals surface area (Å²) >= 11 is 1.47. The fourth-order valence-electron chi connectivity index (χ4n) is 1.93. The molecule has 0 saturated carbocycles. The van der Waals surface area contributed by atoms with Crippen LogP contribution in [0.5, 0.6) is 0 Å². The predicted molar refractivity (Wildman–Crippen MR) is 72.6 cm³/mol. The van der Waals surface area contributed by atoms with Crippen LogP contribution in [0.25, 0.3) is 0 Å². The van der Waals surface area contributed by atoms with Crippen molar-refractivity contribution in [2.45, 2.75) is 26.4 Å². The van der Waals surface area contributed by atoms with E-state index in [4.69, 9.17) is 4.74 Å². The van der Waals surface area contributed by atoms with Crippen LogP contribution in [0.4, 0.5) is 4.79 Å². The van der Waals surface area contributed by atoms with Gasteiger partial charge in [-0.2, -0.15) is 0 Å². The summed E-state index contributed by atoms with van der Waals surface area (Å²) in [6.45, 7) is 4.07. The molecule has 2 amide bonds. The van der Waals surface area contributed by atoms with Gasteiger partial charge in [0.1, 0.15) is 10.4 Å². The van der Waals surface area contributed by atoms with Gasteiger partial charge in [-0.1, -0.05) is 0 Å². The van der Waals surface area contributed by atoms with Crippen LogP contribution in [-0.2, 0) is 16.1 Å². The van der Waals surface area contributed by atoms with Crippen LogP contribution in [0.15, 0.2) is 5.38 Å². The third-order valence-electron chi connectivity index (χ3n) is 3.32. The summed E-state index contributed by atoms with van der Waals surface area (Å²) in [5.74, 6) is -0.976. The summed E-state index contributed by atoms with van der Waals surface area (Å²) in [5, 5.41) is 17.2. The summed E-state index contributed by atoms with van der Waals surface area (Å²) in [5.41, 5.74) is -0.176. The van der Waals surface area contributed by atoms with Crippen molar-refractivity contribution in [3.8, 4) is 0 Å². The van der Waals surface area contributed by atoms with E-state index < -0.39 is 23.5 Å². The second kappa shape index (κ2) is 5.76. The number of carboxylic acid groups (broad SMARTS) is 1. The van der Waals surface area contributed by atoms with Gasteiger partial charge in [0, 0.05) is 11.1 Å². The molecule has 0 aliphatic carbocycles. The summed E-state index contributed by atoms with van der Waals surface area (Å²) < 4.78 is 5.17. The smallest absolute Gasteiger partial charge is 0.315 e. The fourth-order valence-corrected chi connectivity index (χ4v) is 2.65. The van der Waals surface area contributed by atoms with Crippen LogP contribution in [0, 0.1) is 12.3 Å². The van der Waals surface area contributed by atoms with Crippen LogP contribution in [0.1, 0.15) is 17.6 Å². The highest BCUT2D eigenvalue weighted by Gasteiger charge is 2.47. The molecular formula is C12H17N3O4S. The molecule has 0 aromatic carbocycles. The lowest BCUT2D eigenvalue weighted by Gasteiger charge is -2.25. The first-order valence-corrected chi connectivity index (χ1v) is 7.06. The molecule has 1 aromatic heterocycles. The van der Waals surface area contributed by atoms with Crippen molar-refractivity contribution >= 4 is 23.3 Å². The predicted octanol–water partition coefficient (Wildman–Crippen LogP) is 0.740. The van der Waals surface area contributed by atoms with Gasteiger partial charge in [-0.15, -0.1) is 11.3 Å². The van der Waals surface area contributed by atoms with Gasteiger partial charge in [0.2, 0.25) is 0 Å². The third kappa shape index (κ3) is 3.07. The third-order valence-corrected chi connectivity index (χ3v) is 4.28. The largest absolute Gasteiger partial charge is 0.481 e. The Kier molecular flexibility index (Phi) is 4.24. The van der Waals surface area contributed by atoms with Crippen LogP contribution < -0.4 is 10.6 Å². The Hall–Kier alpha value is -1.67. The fraction of sp³-hybridized carbons (Fsp3) is 0.583. The number of amides is 2. The van der Waals surface area contributed by atoms with Crippen molar-refractivity contribution in [3.05, 3.63) is 16.1 Å². The molecular weight excluding hydrogens is 282 g/mol. The second-order valence-electron chi connectivity index (χ2n) is 5.00. The number of aryl methyl sites for hydroxylation is 1. The van der Waals surface area contributed by atoms with Crippen molar-refractivity contribution in [1.29, 1.82) is 0 Å². The number of carboxylic acids is 1. The number of thiazole rings is 1. The molecule has 0 radical (unpaired) electrons. The SMILES string of the molecule is Cc1csc(CNC(=O)NC2COCC2(C)C(=O)O)n1. The summed E-state index contributed by atoms with van der Waals surface area (Å²) in [4.78, 5) is 27.3. The number of ether oxygens (including phenoxy) is 1. The van der Waals surface area contributed by atoms with Crippen molar-refractivity contribution < 1.29 is 19.4 Å². The van der Waals surface area contributed by atoms with Crippen LogP contribution in [-0.4, -0.2) is 41.3 Å². The number of nitrogens with one attached hydrogen (secondary N) is 2. The van der Waals surface area contributed by atoms with Gasteiger partial charge in [0.05, 0.1) is 25.8 Å². The van der Waals surface area contributed by atoms with Gasteiger partial charge in [-0.25, -0.2) is 9.78 Å². The van der Waals surface area contributed by atoms with E-state index >= 15 is 0 Å². The lowest BCUT2D eigenvalue weighted by Crippen LogP contribution is -2.52. The molecule has 0 bridgehead atoms. The highest BCUT2D eigenvalue weighted by Crippen LogP contribution is 2.28. The molecule has 1 aliphatic heterocycles. The molecule has 2 heterocycles. The van der Waals surface area contributed by atoms with E-state index in [1.54, 1.807) is 6.92 Å². The molecule has 8 heteroatoms. The second-order valence-corrected chi connectivity index (χ2v) is 5.94. The van der Waals surface area contributed by atoms with E-state index in [1.165, 1.54) is 11.3 Å². The zero-order valence-corrected chi connectivity index (χ0v) is 12.1. The van der Waals surface area contributed by atoms with E-state index in [1.807, 2.05) is 12.3 Å². The number of nitrogens with zero attached hydrogens (tertiary/aromatic N) is 1. The van der Waals surface area contributed by atoms with Crippen molar-refractivity contribution in [1.82, 2.24) is 15.6 Å². The maximum Gasteiger partial charge on any atom is 0.315 e. The topological polar surface area (TPSA) is 101 Å². The lowest BCUT2D eigenvalue weighted by atomic mass is 9.85. The molecule has 2 rings (SSSR count). The maximum atomic E-state index is 11.8. The van der Waals surface area contributed by atoms with Crippen molar-refractivity contribution in [3.63, 3.8) is 0 Å². The Balaban J connectivity index is 1.86. The molecule has 110 valence electrons. The number of aromatic nitrogens is 1. The van der Waals surface area contributed by atoms with Gasteiger partial charge >= 0.3 is 12.0 Å². The number of hydrogen-bond acceptors (Lipinski definition) is 5. The first-order chi connectivity index (χ1) is 9.41. The summed E-state index contributed by atoms with van der Waals surface area (Å²) in [7, 11) is 0. The maximum absolute atomic E-state index is 11.8. The average molecular weight is 299 g/mol. The number of hydrogen-bond donors (Lipinski definition) is 3. The average Bonchev–Trinajstić information content (AvgIpc) is 2.95. The highest BCUT2D eigenvalue weighted by molar-refractivity contribution is 7.09. The van der Waals surface area contributed by atoms with E-state index in [2.05, 4.69) is 15.6 Å². The number of rotatable bonds is 4. The molecule has 1 aliphatic rings. The molecule has 1 fully saturated rings.